The Morgan fingerprint density at radius 3 is 2.95 bits per heavy atom. The monoisotopic (exact) mass is 281 g/mol. The van der Waals surface area contributed by atoms with E-state index in [0.717, 1.165) is 29.2 Å². The Bertz CT molecular complexity index is 728. The molecule has 106 valence electrons. The Kier molecular flexibility index (Phi) is 2.75. The maximum absolute atomic E-state index is 5.78. The van der Waals surface area contributed by atoms with Crippen molar-refractivity contribution in [3.63, 3.8) is 0 Å². The van der Waals surface area contributed by atoms with Crippen molar-refractivity contribution < 1.29 is 4.74 Å². The van der Waals surface area contributed by atoms with E-state index in [1.807, 2.05) is 25.4 Å². The summed E-state index contributed by atoms with van der Waals surface area (Å²) in [5.74, 6) is 1.49. The number of hydrogen-bond acceptors (Lipinski definition) is 6. The lowest BCUT2D eigenvalue weighted by molar-refractivity contribution is 0.290. The SMILES string of the molecule is CNc1ccc2c(n1)OCc1cc(N3N=CCN3)ccc1-2. The molecule has 2 aliphatic heterocycles. The van der Waals surface area contributed by atoms with Crippen molar-refractivity contribution in [1.82, 2.24) is 10.4 Å². The first-order valence-corrected chi connectivity index (χ1v) is 6.86. The molecule has 0 bridgehead atoms. The largest absolute Gasteiger partial charge is 0.472 e. The van der Waals surface area contributed by atoms with Gasteiger partial charge in [-0.2, -0.15) is 15.2 Å². The number of hydrazine groups is 1. The predicted octanol–water partition coefficient (Wildman–Crippen LogP) is 1.99. The summed E-state index contributed by atoms with van der Waals surface area (Å²) in [5.41, 5.74) is 7.51. The van der Waals surface area contributed by atoms with Gasteiger partial charge in [-0.05, 0) is 35.4 Å². The van der Waals surface area contributed by atoms with Gasteiger partial charge in [0.25, 0.3) is 0 Å². The van der Waals surface area contributed by atoms with Crippen molar-refractivity contribution >= 4 is 17.7 Å². The molecule has 3 heterocycles. The number of hydrogen-bond donors (Lipinski definition) is 2. The Hall–Kier alpha value is -2.60. The third-order valence-electron chi connectivity index (χ3n) is 3.63. The first-order valence-electron chi connectivity index (χ1n) is 6.86. The summed E-state index contributed by atoms with van der Waals surface area (Å²) in [7, 11) is 1.85. The van der Waals surface area contributed by atoms with E-state index in [9.17, 15) is 0 Å². The summed E-state index contributed by atoms with van der Waals surface area (Å²) in [5, 5.41) is 9.06. The molecule has 0 aliphatic carbocycles. The summed E-state index contributed by atoms with van der Waals surface area (Å²) in [6.07, 6.45) is 1.84. The molecule has 0 unspecified atom stereocenters. The molecule has 4 rings (SSSR count). The highest BCUT2D eigenvalue weighted by atomic mass is 16.5. The summed E-state index contributed by atoms with van der Waals surface area (Å²) in [4.78, 5) is 4.45. The Morgan fingerprint density at radius 2 is 2.14 bits per heavy atom. The van der Waals surface area contributed by atoms with Crippen molar-refractivity contribution in [2.75, 3.05) is 24.0 Å². The zero-order valence-corrected chi connectivity index (χ0v) is 11.6. The Morgan fingerprint density at radius 1 is 1.24 bits per heavy atom. The van der Waals surface area contributed by atoms with Crippen LogP contribution >= 0.6 is 0 Å². The average Bonchev–Trinajstić information content (AvgIpc) is 3.08. The van der Waals surface area contributed by atoms with Gasteiger partial charge in [0.2, 0.25) is 5.88 Å². The standard InChI is InChI=1S/C15H15N5O/c1-16-14-5-4-13-12-3-2-11(20-17-6-7-18-20)8-10(12)9-21-15(13)19-14/h2-6,8,18H,7,9H2,1H3,(H,16,19). The minimum atomic E-state index is 0.522. The van der Waals surface area contributed by atoms with Crippen molar-refractivity contribution in [3.8, 4) is 17.0 Å². The lowest BCUT2D eigenvalue weighted by Crippen LogP contribution is -2.28. The van der Waals surface area contributed by atoms with Crippen LogP contribution in [0.1, 0.15) is 5.56 Å². The van der Waals surface area contributed by atoms with Crippen molar-refractivity contribution in [2.24, 2.45) is 5.10 Å². The second kappa shape index (κ2) is 4.75. The van der Waals surface area contributed by atoms with Crippen molar-refractivity contribution in [2.45, 2.75) is 6.61 Å². The van der Waals surface area contributed by atoms with Gasteiger partial charge in [-0.25, -0.2) is 5.43 Å². The van der Waals surface area contributed by atoms with Crippen LogP contribution in [0.4, 0.5) is 11.5 Å². The second-order valence-electron chi connectivity index (χ2n) is 4.90. The van der Waals surface area contributed by atoms with E-state index in [1.165, 1.54) is 5.56 Å². The number of anilines is 2. The van der Waals surface area contributed by atoms with Gasteiger partial charge in [-0.3, -0.25) is 0 Å². The molecule has 0 radical (unpaired) electrons. The third-order valence-corrected chi connectivity index (χ3v) is 3.63. The number of rotatable bonds is 2. The molecule has 6 heteroatoms. The molecule has 0 amide bonds. The molecule has 2 aromatic rings. The molecule has 0 saturated carbocycles. The van der Waals surface area contributed by atoms with Crippen molar-refractivity contribution in [1.29, 1.82) is 0 Å². The molecule has 2 aliphatic rings. The molecular weight excluding hydrogens is 266 g/mol. The number of nitrogens with one attached hydrogen (secondary N) is 2. The molecule has 21 heavy (non-hydrogen) atoms. The van der Waals surface area contributed by atoms with Gasteiger partial charge in [0.1, 0.15) is 12.4 Å². The van der Waals surface area contributed by atoms with E-state index in [-0.39, 0.29) is 0 Å². The highest BCUT2D eigenvalue weighted by molar-refractivity contribution is 5.77. The molecule has 1 aromatic carbocycles. The number of benzene rings is 1. The minimum Gasteiger partial charge on any atom is -0.472 e. The number of fused-ring (bicyclic) bond motifs is 3. The zero-order valence-electron chi connectivity index (χ0n) is 11.6. The van der Waals surface area contributed by atoms with Crippen LogP contribution < -0.4 is 20.6 Å². The maximum Gasteiger partial charge on any atom is 0.223 e. The Labute approximate surface area is 122 Å². The first kappa shape index (κ1) is 12.2. The Balaban J connectivity index is 1.75. The van der Waals surface area contributed by atoms with E-state index >= 15 is 0 Å². The van der Waals surface area contributed by atoms with E-state index in [1.54, 1.807) is 5.12 Å². The maximum atomic E-state index is 5.78. The fraction of sp³-hybridized carbons (Fsp3) is 0.200. The summed E-state index contributed by atoms with van der Waals surface area (Å²) >= 11 is 0. The quantitative estimate of drug-likeness (QED) is 0.881. The molecule has 0 spiro atoms. The van der Waals surface area contributed by atoms with Crippen LogP contribution in [0.5, 0.6) is 5.88 Å². The fourth-order valence-corrected chi connectivity index (χ4v) is 2.58. The van der Waals surface area contributed by atoms with Gasteiger partial charge in [0.05, 0.1) is 12.2 Å². The van der Waals surface area contributed by atoms with Gasteiger partial charge in [0, 0.05) is 18.8 Å². The summed E-state index contributed by atoms with van der Waals surface area (Å²) in [6, 6.07) is 10.2. The highest BCUT2D eigenvalue weighted by Crippen LogP contribution is 2.38. The molecule has 0 atom stereocenters. The average molecular weight is 281 g/mol. The van der Waals surface area contributed by atoms with Gasteiger partial charge < -0.3 is 10.1 Å². The van der Waals surface area contributed by atoms with Crippen LogP contribution in [0.2, 0.25) is 0 Å². The smallest absolute Gasteiger partial charge is 0.223 e. The number of aromatic nitrogens is 1. The normalized spacial score (nSPS) is 15.4. The van der Waals surface area contributed by atoms with Crippen LogP contribution in [-0.2, 0) is 6.61 Å². The summed E-state index contributed by atoms with van der Waals surface area (Å²) < 4.78 is 5.78. The van der Waals surface area contributed by atoms with Crippen LogP contribution in [0.3, 0.4) is 0 Å². The molecule has 6 nitrogen and oxygen atoms in total. The lowest BCUT2D eigenvalue weighted by Gasteiger charge is -2.22. The fourth-order valence-electron chi connectivity index (χ4n) is 2.58. The molecule has 2 N–H and O–H groups in total. The van der Waals surface area contributed by atoms with E-state index in [0.29, 0.717) is 12.5 Å². The van der Waals surface area contributed by atoms with Crippen LogP contribution in [-0.4, -0.2) is 24.8 Å². The number of hydrazone groups is 1. The third kappa shape index (κ3) is 2.00. The zero-order chi connectivity index (χ0) is 14.2. The van der Waals surface area contributed by atoms with Crippen molar-refractivity contribution in [3.05, 3.63) is 35.9 Å². The van der Waals surface area contributed by atoms with Gasteiger partial charge in [0.15, 0.2) is 0 Å². The number of ether oxygens (including phenoxy) is 1. The van der Waals surface area contributed by atoms with Gasteiger partial charge in [-0.15, -0.1) is 0 Å². The molecular formula is C15H15N5O. The topological polar surface area (TPSA) is 61.8 Å². The van der Waals surface area contributed by atoms with E-state index < -0.39 is 0 Å². The van der Waals surface area contributed by atoms with E-state index in [2.05, 4.69) is 39.0 Å². The van der Waals surface area contributed by atoms with Gasteiger partial charge >= 0.3 is 0 Å². The first-order chi connectivity index (χ1) is 10.3. The van der Waals surface area contributed by atoms with Crippen LogP contribution in [0, 0.1) is 0 Å². The predicted molar refractivity (Wildman–Crippen MR) is 82.5 cm³/mol. The lowest BCUT2D eigenvalue weighted by atomic mass is 9.98. The second-order valence-corrected chi connectivity index (χ2v) is 4.90. The highest BCUT2D eigenvalue weighted by Gasteiger charge is 2.20. The molecule has 0 saturated heterocycles. The number of nitrogens with zero attached hydrogens (tertiary/aromatic N) is 3. The van der Waals surface area contributed by atoms with Gasteiger partial charge in [-0.1, -0.05) is 6.07 Å². The van der Waals surface area contributed by atoms with Crippen LogP contribution in [0.25, 0.3) is 11.1 Å². The molecule has 1 aromatic heterocycles. The van der Waals surface area contributed by atoms with Crippen LogP contribution in [0.15, 0.2) is 35.4 Å². The van der Waals surface area contributed by atoms with E-state index in [4.69, 9.17) is 4.74 Å². The molecule has 0 fully saturated rings. The minimum absolute atomic E-state index is 0.522. The number of pyridine rings is 1. The summed E-state index contributed by atoms with van der Waals surface area (Å²) in [6.45, 7) is 1.28.